The van der Waals surface area contributed by atoms with Crippen LogP contribution in [0.1, 0.15) is 74.6 Å². The number of carbonyl (C=O) groups excluding carboxylic acids is 1. The second kappa shape index (κ2) is 9.00. The van der Waals surface area contributed by atoms with Crippen molar-refractivity contribution in [1.29, 1.82) is 0 Å². The normalized spacial score (nSPS) is 20.4. The summed E-state index contributed by atoms with van der Waals surface area (Å²) in [5.41, 5.74) is 0.570. The Morgan fingerprint density at radius 1 is 0.846 bits per heavy atom. The quantitative estimate of drug-likeness (QED) is 0.812. The fourth-order valence-corrected chi connectivity index (χ4v) is 5.22. The summed E-state index contributed by atoms with van der Waals surface area (Å²) < 4.78 is 28.1. The molecule has 0 unspecified atom stereocenters. The van der Waals surface area contributed by atoms with Gasteiger partial charge < -0.3 is 4.90 Å². The van der Waals surface area contributed by atoms with Gasteiger partial charge in [-0.3, -0.25) is 4.79 Å². The molecule has 1 aromatic carbocycles. The maximum absolute atomic E-state index is 12.6. The Hall–Kier alpha value is -1.40. The minimum Gasteiger partial charge on any atom is -0.339 e. The third kappa shape index (κ3) is 5.07. The van der Waals surface area contributed by atoms with E-state index in [0.29, 0.717) is 5.56 Å². The van der Waals surface area contributed by atoms with Gasteiger partial charge >= 0.3 is 0 Å². The molecule has 0 aromatic heterocycles. The van der Waals surface area contributed by atoms with Gasteiger partial charge in [0.15, 0.2) is 0 Å². The lowest BCUT2D eigenvalue weighted by molar-refractivity contribution is 0.0761. The van der Waals surface area contributed by atoms with Gasteiger partial charge in [-0.05, 0) is 49.9 Å². The minimum atomic E-state index is -3.52. The summed E-state index contributed by atoms with van der Waals surface area (Å²) >= 11 is 0. The number of benzene rings is 1. The maximum Gasteiger partial charge on any atom is 0.253 e. The summed E-state index contributed by atoms with van der Waals surface area (Å²) in [5, 5.41) is 0. The fourth-order valence-electron chi connectivity index (χ4n) is 3.92. The molecule has 3 rings (SSSR count). The molecule has 1 aliphatic heterocycles. The molecule has 5 nitrogen and oxygen atoms in total. The summed E-state index contributed by atoms with van der Waals surface area (Å²) in [4.78, 5) is 14.8. The van der Waals surface area contributed by atoms with Gasteiger partial charge in [-0.15, -0.1) is 0 Å². The SMILES string of the molecule is O=C(c1ccc(S(=O)(=O)NC2CCCCCC2)cc1)N1CCCCCC1. The fraction of sp³-hybridized carbons (Fsp3) is 0.650. The minimum absolute atomic E-state index is 0.00701. The van der Waals surface area contributed by atoms with E-state index in [2.05, 4.69) is 4.72 Å². The van der Waals surface area contributed by atoms with E-state index >= 15 is 0 Å². The van der Waals surface area contributed by atoms with E-state index in [-0.39, 0.29) is 16.8 Å². The van der Waals surface area contributed by atoms with E-state index < -0.39 is 10.0 Å². The monoisotopic (exact) mass is 378 g/mol. The van der Waals surface area contributed by atoms with Crippen LogP contribution in [0.5, 0.6) is 0 Å². The third-order valence-electron chi connectivity index (χ3n) is 5.48. The summed E-state index contributed by atoms with van der Waals surface area (Å²) in [5.74, 6) is 0.00701. The first kappa shape index (κ1) is 19.4. The van der Waals surface area contributed by atoms with Gasteiger partial charge in [-0.25, -0.2) is 13.1 Å². The highest BCUT2D eigenvalue weighted by Gasteiger charge is 2.22. The van der Waals surface area contributed by atoms with Crippen LogP contribution < -0.4 is 4.72 Å². The molecule has 6 heteroatoms. The van der Waals surface area contributed by atoms with Crippen LogP contribution in [0.2, 0.25) is 0 Å². The average molecular weight is 379 g/mol. The van der Waals surface area contributed by atoms with Crippen molar-refractivity contribution in [2.24, 2.45) is 0 Å². The van der Waals surface area contributed by atoms with Crippen LogP contribution in [0.25, 0.3) is 0 Å². The molecule has 1 heterocycles. The largest absolute Gasteiger partial charge is 0.339 e. The number of rotatable bonds is 4. The van der Waals surface area contributed by atoms with Gasteiger partial charge in [0.1, 0.15) is 0 Å². The van der Waals surface area contributed by atoms with Gasteiger partial charge in [0.05, 0.1) is 4.90 Å². The lowest BCUT2D eigenvalue weighted by atomic mass is 10.1. The molecular weight excluding hydrogens is 348 g/mol. The van der Waals surface area contributed by atoms with E-state index in [1.54, 1.807) is 24.3 Å². The predicted molar refractivity (Wildman–Crippen MR) is 103 cm³/mol. The molecule has 144 valence electrons. The lowest BCUT2D eigenvalue weighted by Crippen LogP contribution is -2.34. The summed E-state index contributed by atoms with van der Waals surface area (Å²) in [6, 6.07) is 6.44. The van der Waals surface area contributed by atoms with Crippen molar-refractivity contribution in [1.82, 2.24) is 9.62 Å². The second-order valence-corrected chi connectivity index (χ2v) is 9.25. The van der Waals surface area contributed by atoms with Crippen molar-refractivity contribution in [3.05, 3.63) is 29.8 Å². The molecule has 1 amide bonds. The molecule has 2 aliphatic rings. The van der Waals surface area contributed by atoms with Crippen molar-refractivity contribution in [3.63, 3.8) is 0 Å². The van der Waals surface area contributed by atoms with Gasteiger partial charge in [0, 0.05) is 24.7 Å². The summed E-state index contributed by atoms with van der Waals surface area (Å²) in [6.45, 7) is 1.59. The predicted octanol–water partition coefficient (Wildman–Crippen LogP) is 3.70. The molecular formula is C20H30N2O3S. The highest BCUT2D eigenvalue weighted by atomic mass is 32.2. The zero-order chi connectivity index (χ0) is 18.4. The summed E-state index contributed by atoms with van der Waals surface area (Å²) in [6.07, 6.45) is 10.8. The Kier molecular flexibility index (Phi) is 6.70. The first-order chi connectivity index (χ1) is 12.6. The average Bonchev–Trinajstić information content (AvgIpc) is 3.06. The van der Waals surface area contributed by atoms with Gasteiger partial charge in [-0.1, -0.05) is 38.5 Å². The van der Waals surface area contributed by atoms with Crippen molar-refractivity contribution < 1.29 is 13.2 Å². The van der Waals surface area contributed by atoms with Crippen LogP contribution in [0, 0.1) is 0 Å². The number of nitrogens with one attached hydrogen (secondary N) is 1. The number of carbonyl (C=O) groups is 1. The van der Waals surface area contributed by atoms with Crippen LogP contribution in [0.4, 0.5) is 0 Å². The Balaban J connectivity index is 1.66. The van der Waals surface area contributed by atoms with Gasteiger partial charge in [0.2, 0.25) is 10.0 Å². The van der Waals surface area contributed by atoms with E-state index in [1.807, 2.05) is 4.90 Å². The molecule has 1 N–H and O–H groups in total. The van der Waals surface area contributed by atoms with Gasteiger partial charge in [0.25, 0.3) is 5.91 Å². The Bertz CT molecular complexity index is 684. The molecule has 26 heavy (non-hydrogen) atoms. The van der Waals surface area contributed by atoms with E-state index in [0.717, 1.165) is 51.6 Å². The van der Waals surface area contributed by atoms with Crippen molar-refractivity contribution in [2.75, 3.05) is 13.1 Å². The number of hydrogen-bond donors (Lipinski definition) is 1. The molecule has 0 spiro atoms. The van der Waals surface area contributed by atoms with Crippen LogP contribution in [-0.4, -0.2) is 38.4 Å². The molecule has 1 saturated carbocycles. The standard InChI is InChI=1S/C20H30N2O3S/c23-20(22-15-7-3-4-8-16-22)17-11-13-19(14-12-17)26(24,25)21-18-9-5-1-2-6-10-18/h11-14,18,21H,1-10,15-16H2. The Labute approximate surface area is 157 Å². The van der Waals surface area contributed by atoms with Crippen LogP contribution >= 0.6 is 0 Å². The van der Waals surface area contributed by atoms with Crippen molar-refractivity contribution >= 4 is 15.9 Å². The maximum atomic E-state index is 12.6. The number of sulfonamides is 1. The third-order valence-corrected chi connectivity index (χ3v) is 7.02. The topological polar surface area (TPSA) is 66.5 Å². The van der Waals surface area contributed by atoms with Crippen molar-refractivity contribution in [3.8, 4) is 0 Å². The smallest absolute Gasteiger partial charge is 0.253 e. The van der Waals surface area contributed by atoms with Gasteiger partial charge in [-0.2, -0.15) is 0 Å². The van der Waals surface area contributed by atoms with Crippen molar-refractivity contribution in [2.45, 2.75) is 75.1 Å². The summed E-state index contributed by atoms with van der Waals surface area (Å²) in [7, 11) is -3.52. The first-order valence-electron chi connectivity index (χ1n) is 9.98. The highest BCUT2D eigenvalue weighted by Crippen LogP contribution is 2.20. The molecule has 1 aliphatic carbocycles. The van der Waals surface area contributed by atoms with Crippen LogP contribution in [0.3, 0.4) is 0 Å². The molecule has 0 radical (unpaired) electrons. The van der Waals surface area contributed by atoms with Crippen LogP contribution in [0.15, 0.2) is 29.2 Å². The molecule has 2 fully saturated rings. The number of nitrogens with zero attached hydrogens (tertiary/aromatic N) is 1. The zero-order valence-electron chi connectivity index (χ0n) is 15.5. The molecule has 1 aromatic rings. The van der Waals surface area contributed by atoms with E-state index in [9.17, 15) is 13.2 Å². The number of hydrogen-bond acceptors (Lipinski definition) is 3. The molecule has 1 saturated heterocycles. The Morgan fingerprint density at radius 2 is 1.38 bits per heavy atom. The first-order valence-corrected chi connectivity index (χ1v) is 11.5. The molecule has 0 bridgehead atoms. The van der Waals surface area contributed by atoms with E-state index in [1.165, 1.54) is 25.7 Å². The van der Waals surface area contributed by atoms with E-state index in [4.69, 9.17) is 0 Å². The number of amides is 1. The highest BCUT2D eigenvalue weighted by molar-refractivity contribution is 7.89. The molecule has 0 atom stereocenters. The zero-order valence-corrected chi connectivity index (χ0v) is 16.3. The second-order valence-electron chi connectivity index (χ2n) is 7.54. The number of likely N-dealkylation sites (tertiary alicyclic amines) is 1. The lowest BCUT2D eigenvalue weighted by Gasteiger charge is -2.20. The van der Waals surface area contributed by atoms with Crippen LogP contribution in [-0.2, 0) is 10.0 Å². The Morgan fingerprint density at radius 3 is 1.96 bits per heavy atom.